The molecular formula is C16H24N2O. The average molecular weight is 260 g/mol. The number of aryl methyl sites for hydroxylation is 1. The second kappa shape index (κ2) is 6.69. The lowest BCUT2D eigenvalue weighted by molar-refractivity contribution is -0.122. The first-order valence-electron chi connectivity index (χ1n) is 7.43. The molecule has 104 valence electrons. The quantitative estimate of drug-likeness (QED) is 0.827. The van der Waals surface area contributed by atoms with Crippen molar-refractivity contribution in [2.45, 2.75) is 64.8 Å². The molecule has 1 N–H and O–H groups in total. The summed E-state index contributed by atoms with van der Waals surface area (Å²) in [6.07, 6.45) is 8.81. The number of rotatable bonds is 5. The van der Waals surface area contributed by atoms with Crippen molar-refractivity contribution in [2.24, 2.45) is 0 Å². The van der Waals surface area contributed by atoms with Crippen LogP contribution in [0.3, 0.4) is 0 Å². The maximum absolute atomic E-state index is 11.8. The molecule has 0 saturated heterocycles. The van der Waals surface area contributed by atoms with Crippen LogP contribution in [0.4, 0.5) is 0 Å². The van der Waals surface area contributed by atoms with E-state index in [1.54, 1.807) is 0 Å². The van der Waals surface area contributed by atoms with Crippen LogP contribution in [0.2, 0.25) is 0 Å². The summed E-state index contributed by atoms with van der Waals surface area (Å²) in [5, 5.41) is 3.16. The number of fused-ring (bicyclic) bond motifs is 1. The predicted octanol–water partition coefficient (Wildman–Crippen LogP) is 2.94. The van der Waals surface area contributed by atoms with Crippen LogP contribution in [0.15, 0.2) is 12.3 Å². The van der Waals surface area contributed by atoms with Gasteiger partial charge >= 0.3 is 0 Å². The van der Waals surface area contributed by atoms with Crippen molar-refractivity contribution in [1.82, 2.24) is 10.3 Å². The highest BCUT2D eigenvalue weighted by Gasteiger charge is 2.21. The van der Waals surface area contributed by atoms with Crippen molar-refractivity contribution >= 4 is 5.91 Å². The number of hydrogen-bond acceptors (Lipinski definition) is 2. The molecule has 0 radical (unpaired) electrons. The monoisotopic (exact) mass is 260 g/mol. The lowest BCUT2D eigenvalue weighted by Gasteiger charge is -2.25. The van der Waals surface area contributed by atoms with Crippen LogP contribution in [0, 0.1) is 6.92 Å². The standard InChI is InChI=1S/C16H24N2O/c1-3-4-5-6-16(19)18-13-7-8-14-12(2)9-10-17-15(14)11-13/h9-10,13H,3-8,11H2,1-2H3,(H,18,19). The van der Waals surface area contributed by atoms with Crippen molar-refractivity contribution in [1.29, 1.82) is 0 Å². The normalized spacial score (nSPS) is 17.9. The molecule has 1 amide bonds. The van der Waals surface area contributed by atoms with Crippen molar-refractivity contribution in [2.75, 3.05) is 0 Å². The van der Waals surface area contributed by atoms with Crippen LogP contribution < -0.4 is 5.32 Å². The Kier molecular flexibility index (Phi) is 4.94. The number of carbonyl (C=O) groups excluding carboxylic acids is 1. The van der Waals surface area contributed by atoms with E-state index in [2.05, 4.69) is 30.2 Å². The number of aromatic nitrogens is 1. The molecule has 19 heavy (non-hydrogen) atoms. The molecule has 0 aliphatic heterocycles. The molecule has 0 bridgehead atoms. The molecule has 1 aromatic rings. The van der Waals surface area contributed by atoms with Gasteiger partial charge in [-0.25, -0.2) is 0 Å². The Hall–Kier alpha value is -1.38. The molecule has 1 aliphatic carbocycles. The van der Waals surface area contributed by atoms with Gasteiger partial charge in [0, 0.05) is 30.8 Å². The van der Waals surface area contributed by atoms with Crippen molar-refractivity contribution < 1.29 is 4.79 Å². The van der Waals surface area contributed by atoms with Gasteiger partial charge in [0.2, 0.25) is 5.91 Å². The van der Waals surface area contributed by atoms with Crippen molar-refractivity contribution in [3.8, 4) is 0 Å². The first kappa shape index (κ1) is 14.0. The second-order valence-electron chi connectivity index (χ2n) is 5.52. The van der Waals surface area contributed by atoms with Crippen molar-refractivity contribution in [3.05, 3.63) is 29.1 Å². The van der Waals surface area contributed by atoms with Gasteiger partial charge in [0.25, 0.3) is 0 Å². The van der Waals surface area contributed by atoms with E-state index >= 15 is 0 Å². The summed E-state index contributed by atoms with van der Waals surface area (Å²) < 4.78 is 0. The maximum atomic E-state index is 11.8. The summed E-state index contributed by atoms with van der Waals surface area (Å²) >= 11 is 0. The Balaban J connectivity index is 1.86. The Labute approximate surface area is 115 Å². The van der Waals surface area contributed by atoms with E-state index in [0.717, 1.165) is 38.5 Å². The molecule has 1 aliphatic rings. The Bertz CT molecular complexity index is 442. The highest BCUT2D eigenvalue weighted by molar-refractivity contribution is 5.76. The van der Waals surface area contributed by atoms with Crippen molar-refractivity contribution in [3.63, 3.8) is 0 Å². The third-order valence-corrected chi connectivity index (χ3v) is 3.93. The first-order valence-corrected chi connectivity index (χ1v) is 7.43. The highest BCUT2D eigenvalue weighted by Crippen LogP contribution is 2.22. The Morgan fingerprint density at radius 3 is 3.11 bits per heavy atom. The number of pyridine rings is 1. The summed E-state index contributed by atoms with van der Waals surface area (Å²) in [7, 11) is 0. The van der Waals surface area contributed by atoms with E-state index < -0.39 is 0 Å². The van der Waals surface area contributed by atoms with E-state index in [0.29, 0.717) is 6.42 Å². The zero-order valence-electron chi connectivity index (χ0n) is 12.0. The van der Waals surface area contributed by atoms with E-state index in [9.17, 15) is 4.79 Å². The number of amides is 1. The van der Waals surface area contributed by atoms with Gasteiger partial charge in [-0.1, -0.05) is 19.8 Å². The molecule has 0 aromatic carbocycles. The molecule has 1 unspecified atom stereocenters. The van der Waals surface area contributed by atoms with Crippen LogP contribution >= 0.6 is 0 Å². The number of nitrogens with zero attached hydrogens (tertiary/aromatic N) is 1. The number of unbranched alkanes of at least 4 members (excludes halogenated alkanes) is 2. The SMILES string of the molecule is CCCCCC(=O)NC1CCc2c(C)ccnc2C1. The third kappa shape index (κ3) is 3.79. The van der Waals surface area contributed by atoms with Crippen LogP contribution in [0.5, 0.6) is 0 Å². The molecule has 3 heteroatoms. The number of carbonyl (C=O) groups is 1. The van der Waals surface area contributed by atoms with E-state index in [-0.39, 0.29) is 11.9 Å². The molecule has 1 aromatic heterocycles. The topological polar surface area (TPSA) is 42.0 Å². The largest absolute Gasteiger partial charge is 0.353 e. The fourth-order valence-electron chi connectivity index (χ4n) is 2.78. The molecular weight excluding hydrogens is 236 g/mol. The zero-order valence-corrected chi connectivity index (χ0v) is 12.0. The van der Waals surface area contributed by atoms with E-state index in [1.165, 1.54) is 16.8 Å². The van der Waals surface area contributed by atoms with E-state index in [4.69, 9.17) is 0 Å². The third-order valence-electron chi connectivity index (χ3n) is 3.93. The minimum Gasteiger partial charge on any atom is -0.353 e. The minimum absolute atomic E-state index is 0.203. The van der Waals surface area contributed by atoms with Crippen LogP contribution in [0.25, 0.3) is 0 Å². The molecule has 0 fully saturated rings. The summed E-state index contributed by atoms with van der Waals surface area (Å²) in [6.45, 7) is 4.30. The van der Waals surface area contributed by atoms with Gasteiger partial charge in [-0.3, -0.25) is 9.78 Å². The molecule has 0 spiro atoms. The van der Waals surface area contributed by atoms with Gasteiger partial charge in [0.15, 0.2) is 0 Å². The van der Waals surface area contributed by atoms with Gasteiger partial charge in [-0.15, -0.1) is 0 Å². The average Bonchev–Trinajstić information content (AvgIpc) is 2.39. The Morgan fingerprint density at radius 2 is 2.32 bits per heavy atom. The summed E-state index contributed by atoms with van der Waals surface area (Å²) in [5.41, 5.74) is 3.89. The highest BCUT2D eigenvalue weighted by atomic mass is 16.1. The van der Waals surface area contributed by atoms with Crippen LogP contribution in [-0.2, 0) is 17.6 Å². The molecule has 3 nitrogen and oxygen atoms in total. The van der Waals surface area contributed by atoms with Gasteiger partial charge in [-0.05, 0) is 43.4 Å². The minimum atomic E-state index is 0.203. The van der Waals surface area contributed by atoms with Crippen LogP contribution in [-0.4, -0.2) is 16.9 Å². The van der Waals surface area contributed by atoms with Crippen LogP contribution in [0.1, 0.15) is 55.8 Å². The predicted molar refractivity (Wildman–Crippen MR) is 77.1 cm³/mol. The number of nitrogens with one attached hydrogen (secondary N) is 1. The maximum Gasteiger partial charge on any atom is 0.220 e. The smallest absolute Gasteiger partial charge is 0.220 e. The molecule has 1 atom stereocenters. The molecule has 2 rings (SSSR count). The lowest BCUT2D eigenvalue weighted by Crippen LogP contribution is -2.39. The summed E-state index contributed by atoms with van der Waals surface area (Å²) in [5.74, 6) is 0.203. The van der Waals surface area contributed by atoms with Gasteiger partial charge in [0.05, 0.1) is 0 Å². The first-order chi connectivity index (χ1) is 9.20. The second-order valence-corrected chi connectivity index (χ2v) is 5.52. The van der Waals surface area contributed by atoms with Gasteiger partial charge in [-0.2, -0.15) is 0 Å². The zero-order chi connectivity index (χ0) is 13.7. The molecule has 1 heterocycles. The summed E-state index contributed by atoms with van der Waals surface area (Å²) in [6, 6.07) is 2.35. The van der Waals surface area contributed by atoms with Gasteiger partial charge < -0.3 is 5.32 Å². The summed E-state index contributed by atoms with van der Waals surface area (Å²) in [4.78, 5) is 16.3. The van der Waals surface area contributed by atoms with E-state index in [1.807, 2.05) is 6.20 Å². The van der Waals surface area contributed by atoms with Gasteiger partial charge in [0.1, 0.15) is 0 Å². The number of hydrogen-bond donors (Lipinski definition) is 1. The fraction of sp³-hybridized carbons (Fsp3) is 0.625. The fourth-order valence-corrected chi connectivity index (χ4v) is 2.78. The molecule has 0 saturated carbocycles. The lowest BCUT2D eigenvalue weighted by atomic mass is 9.89. The Morgan fingerprint density at radius 1 is 1.47 bits per heavy atom.